The number of piperidine rings is 1. The minimum Gasteiger partial charge on any atom is -0.374 e. The predicted octanol–water partition coefficient (Wildman–Crippen LogP) is 2.35. The third kappa shape index (κ3) is 7.97. The van der Waals surface area contributed by atoms with E-state index in [0.29, 0.717) is 19.6 Å². The van der Waals surface area contributed by atoms with Crippen molar-refractivity contribution < 1.29 is 19.1 Å². The van der Waals surface area contributed by atoms with Gasteiger partial charge in [0.2, 0.25) is 11.8 Å². The number of nitrogens with zero attached hydrogens (tertiary/aromatic N) is 3. The van der Waals surface area contributed by atoms with E-state index in [4.69, 9.17) is 10.5 Å². The van der Waals surface area contributed by atoms with Gasteiger partial charge in [0.15, 0.2) is 0 Å². The van der Waals surface area contributed by atoms with Crippen LogP contribution in [0.15, 0.2) is 65.8 Å². The van der Waals surface area contributed by atoms with Gasteiger partial charge < -0.3 is 20.7 Å². The predicted molar refractivity (Wildman–Crippen MR) is 147 cm³/mol. The number of likely N-dealkylation sites (tertiary alicyclic amines) is 1. The fourth-order valence-electron chi connectivity index (χ4n) is 4.17. The number of nitrogens with one attached hydrogen (secondary N) is 1. The summed E-state index contributed by atoms with van der Waals surface area (Å²) in [6.45, 7) is 6.32. The second-order valence-electron chi connectivity index (χ2n) is 10.1. The highest BCUT2D eigenvalue weighted by atomic mass is 16.5. The van der Waals surface area contributed by atoms with Gasteiger partial charge in [0, 0.05) is 26.6 Å². The number of rotatable bonds is 8. The Kier molecular flexibility index (Phi) is 10.2. The Labute approximate surface area is 225 Å². The number of nitrogens with two attached hydrogens (primary N) is 1. The molecule has 9 nitrogen and oxygen atoms in total. The number of aryl methyl sites for hydroxylation is 1. The smallest absolute Gasteiger partial charge is 0.253 e. The van der Waals surface area contributed by atoms with Crippen LogP contribution in [0.25, 0.3) is 0 Å². The highest BCUT2D eigenvalue weighted by Crippen LogP contribution is 2.23. The molecule has 4 rings (SSSR count). The number of carbonyl (C=O) groups excluding carboxylic acids is 3. The SMILES string of the molecule is CCc1ccccc1.CN1N=C2CCN(C(=O)C(COCc3ccccc3)NC(=O)C(C)(C)N)CC2C1=O. The first-order valence-electron chi connectivity index (χ1n) is 13.0. The average Bonchev–Trinajstić information content (AvgIpc) is 3.21. The molecule has 38 heavy (non-hydrogen) atoms. The highest BCUT2D eigenvalue weighted by molar-refractivity contribution is 6.09. The van der Waals surface area contributed by atoms with Gasteiger partial charge in [-0.05, 0) is 31.4 Å². The van der Waals surface area contributed by atoms with Crippen molar-refractivity contribution in [3.05, 3.63) is 71.8 Å². The number of carbonyl (C=O) groups is 3. The Balaban J connectivity index is 0.000000427. The van der Waals surface area contributed by atoms with E-state index in [-0.39, 0.29) is 25.0 Å². The zero-order valence-electron chi connectivity index (χ0n) is 22.7. The molecule has 1 fully saturated rings. The first-order chi connectivity index (χ1) is 18.1. The molecule has 2 heterocycles. The number of hydrogen-bond donors (Lipinski definition) is 2. The molecule has 9 heteroatoms. The topological polar surface area (TPSA) is 117 Å². The monoisotopic (exact) mass is 521 g/mol. The number of benzene rings is 2. The van der Waals surface area contributed by atoms with Crippen molar-refractivity contribution in [2.75, 3.05) is 26.7 Å². The molecule has 3 N–H and O–H groups in total. The summed E-state index contributed by atoms with van der Waals surface area (Å²) in [5.74, 6) is -1.27. The zero-order chi connectivity index (χ0) is 27.7. The Hall–Kier alpha value is -3.56. The molecule has 2 aliphatic rings. The van der Waals surface area contributed by atoms with Gasteiger partial charge in [0.1, 0.15) is 6.04 Å². The second kappa shape index (κ2) is 13.3. The maximum atomic E-state index is 13.2. The molecule has 2 aromatic carbocycles. The van der Waals surface area contributed by atoms with E-state index in [2.05, 4.69) is 41.6 Å². The summed E-state index contributed by atoms with van der Waals surface area (Å²) in [6, 6.07) is 19.1. The van der Waals surface area contributed by atoms with Crippen LogP contribution in [0, 0.1) is 5.92 Å². The lowest BCUT2D eigenvalue weighted by atomic mass is 9.95. The van der Waals surface area contributed by atoms with Gasteiger partial charge in [-0.3, -0.25) is 14.4 Å². The molecule has 0 saturated carbocycles. The molecule has 0 spiro atoms. The van der Waals surface area contributed by atoms with E-state index in [9.17, 15) is 14.4 Å². The lowest BCUT2D eigenvalue weighted by Crippen LogP contribution is -2.59. The largest absolute Gasteiger partial charge is 0.374 e. The number of ether oxygens (including phenoxy) is 1. The van der Waals surface area contributed by atoms with Crippen molar-refractivity contribution in [1.29, 1.82) is 0 Å². The molecule has 2 aliphatic heterocycles. The first-order valence-corrected chi connectivity index (χ1v) is 13.0. The van der Waals surface area contributed by atoms with Crippen LogP contribution in [0.2, 0.25) is 0 Å². The minimum atomic E-state index is -1.14. The van der Waals surface area contributed by atoms with Crippen molar-refractivity contribution >= 4 is 23.4 Å². The van der Waals surface area contributed by atoms with Crippen LogP contribution >= 0.6 is 0 Å². The maximum absolute atomic E-state index is 13.2. The Bertz CT molecular complexity index is 1110. The summed E-state index contributed by atoms with van der Waals surface area (Å²) in [5.41, 5.74) is 7.93. The molecule has 0 bridgehead atoms. The van der Waals surface area contributed by atoms with Crippen LogP contribution in [0.3, 0.4) is 0 Å². The molecular formula is C29H39N5O4. The molecule has 2 unspecified atom stereocenters. The summed E-state index contributed by atoms with van der Waals surface area (Å²) < 4.78 is 5.73. The molecule has 1 saturated heterocycles. The average molecular weight is 522 g/mol. The van der Waals surface area contributed by atoms with Gasteiger partial charge in [-0.15, -0.1) is 0 Å². The third-order valence-corrected chi connectivity index (χ3v) is 6.49. The van der Waals surface area contributed by atoms with E-state index in [1.807, 2.05) is 36.4 Å². The Morgan fingerprint density at radius 3 is 2.26 bits per heavy atom. The lowest BCUT2D eigenvalue weighted by Gasteiger charge is -2.33. The fraction of sp³-hybridized carbons (Fsp3) is 0.448. The van der Waals surface area contributed by atoms with Crippen LogP contribution in [-0.2, 0) is 32.1 Å². The molecule has 204 valence electrons. The number of hydrogen-bond acceptors (Lipinski definition) is 6. The van der Waals surface area contributed by atoms with E-state index in [1.54, 1.807) is 25.8 Å². The molecular weight excluding hydrogens is 482 g/mol. The van der Waals surface area contributed by atoms with E-state index >= 15 is 0 Å². The zero-order valence-corrected chi connectivity index (χ0v) is 22.7. The van der Waals surface area contributed by atoms with Crippen LogP contribution in [0.5, 0.6) is 0 Å². The number of fused-ring (bicyclic) bond motifs is 1. The van der Waals surface area contributed by atoms with Crippen LogP contribution in [0.1, 0.15) is 38.3 Å². The van der Waals surface area contributed by atoms with Crippen LogP contribution in [0.4, 0.5) is 0 Å². The number of amides is 3. The summed E-state index contributed by atoms with van der Waals surface area (Å²) >= 11 is 0. The van der Waals surface area contributed by atoms with Crippen molar-refractivity contribution in [3.63, 3.8) is 0 Å². The van der Waals surface area contributed by atoms with Gasteiger partial charge in [-0.2, -0.15) is 5.10 Å². The lowest BCUT2D eigenvalue weighted by molar-refractivity contribution is -0.141. The minimum absolute atomic E-state index is 0.00547. The first kappa shape index (κ1) is 29.0. The standard InChI is InChI=1S/C21H29N5O4.C8H10/c1-21(2,22)20(29)23-17(13-30-12-14-7-5-4-6-8-14)19(28)26-10-9-16-15(11-26)18(27)25(3)24-16;1-2-8-6-4-3-5-7-8/h4-8,15,17H,9-13,22H2,1-3H3,(H,23,29);3-7H,2H2,1H3. The quantitative estimate of drug-likeness (QED) is 0.553. The summed E-state index contributed by atoms with van der Waals surface area (Å²) in [4.78, 5) is 39.5. The van der Waals surface area contributed by atoms with Crippen molar-refractivity contribution in [1.82, 2.24) is 15.2 Å². The molecule has 0 aromatic heterocycles. The maximum Gasteiger partial charge on any atom is 0.253 e. The molecule has 2 aromatic rings. The van der Waals surface area contributed by atoms with Gasteiger partial charge >= 0.3 is 0 Å². The molecule has 0 aliphatic carbocycles. The van der Waals surface area contributed by atoms with Gasteiger partial charge in [0.05, 0.1) is 30.4 Å². The van der Waals surface area contributed by atoms with Crippen LogP contribution < -0.4 is 11.1 Å². The fourth-order valence-corrected chi connectivity index (χ4v) is 4.17. The molecule has 2 atom stereocenters. The summed E-state index contributed by atoms with van der Waals surface area (Å²) in [5, 5.41) is 8.29. The van der Waals surface area contributed by atoms with Crippen molar-refractivity contribution in [2.45, 2.75) is 51.8 Å². The Morgan fingerprint density at radius 1 is 1.11 bits per heavy atom. The molecule has 0 radical (unpaired) electrons. The summed E-state index contributed by atoms with van der Waals surface area (Å²) in [6.07, 6.45) is 1.67. The van der Waals surface area contributed by atoms with E-state index in [0.717, 1.165) is 17.7 Å². The van der Waals surface area contributed by atoms with Crippen LogP contribution in [-0.4, -0.2) is 71.7 Å². The van der Waals surface area contributed by atoms with Crippen molar-refractivity contribution in [3.8, 4) is 0 Å². The highest BCUT2D eigenvalue weighted by Gasteiger charge is 2.41. The van der Waals surface area contributed by atoms with Gasteiger partial charge in [-0.25, -0.2) is 5.01 Å². The van der Waals surface area contributed by atoms with E-state index < -0.39 is 23.4 Å². The summed E-state index contributed by atoms with van der Waals surface area (Å²) in [7, 11) is 1.61. The molecule has 3 amide bonds. The van der Waals surface area contributed by atoms with Crippen molar-refractivity contribution in [2.24, 2.45) is 16.8 Å². The van der Waals surface area contributed by atoms with Gasteiger partial charge in [-0.1, -0.05) is 67.6 Å². The normalized spacial score (nSPS) is 17.7. The third-order valence-electron chi connectivity index (χ3n) is 6.49. The van der Waals surface area contributed by atoms with E-state index in [1.165, 1.54) is 10.6 Å². The Morgan fingerprint density at radius 2 is 1.71 bits per heavy atom. The second-order valence-corrected chi connectivity index (χ2v) is 10.1. The van der Waals surface area contributed by atoms with Gasteiger partial charge in [0.25, 0.3) is 5.91 Å². The number of hydrazone groups is 1.